The third kappa shape index (κ3) is 0.777. The second-order valence-electron chi connectivity index (χ2n) is 3.17. The lowest BCUT2D eigenvalue weighted by Gasteiger charge is -2.15. The molecule has 0 aromatic heterocycles. The molecule has 1 aromatic carbocycles. The number of hydrogen-bond donors (Lipinski definition) is 1. The predicted octanol–water partition coefficient (Wildman–Crippen LogP) is 1.36. The average molecular weight is 173 g/mol. The van der Waals surface area contributed by atoms with Crippen molar-refractivity contribution in [2.24, 2.45) is 10.1 Å². The fourth-order valence-corrected chi connectivity index (χ4v) is 1.75. The molecule has 0 fully saturated rings. The minimum Gasteiger partial charge on any atom is -0.331 e. The Morgan fingerprint density at radius 2 is 2.23 bits per heavy atom. The van der Waals surface area contributed by atoms with Gasteiger partial charge in [0.15, 0.2) is 18.7 Å². The minimum atomic E-state index is 0.468. The first kappa shape index (κ1) is 6.80. The van der Waals surface area contributed by atoms with Crippen LogP contribution in [0.1, 0.15) is 0 Å². The molecule has 4 heteroatoms. The second-order valence-corrected chi connectivity index (χ2v) is 3.17. The monoisotopic (exact) mass is 173 g/mol. The molecular formula is C9H9N4+. The highest BCUT2D eigenvalue weighted by molar-refractivity contribution is 5.91. The van der Waals surface area contributed by atoms with Gasteiger partial charge in [-0.15, -0.1) is 4.59 Å². The number of nitrogens with one attached hydrogen (secondary N) is 1. The molecule has 2 heterocycles. The summed E-state index contributed by atoms with van der Waals surface area (Å²) in [5.74, 6) is 0. The van der Waals surface area contributed by atoms with E-state index in [4.69, 9.17) is 0 Å². The van der Waals surface area contributed by atoms with E-state index in [9.17, 15) is 0 Å². The van der Waals surface area contributed by atoms with Crippen LogP contribution in [0.5, 0.6) is 0 Å². The first-order valence-electron chi connectivity index (χ1n) is 4.20. The molecular weight excluding hydrogens is 164 g/mol. The lowest BCUT2D eigenvalue weighted by molar-refractivity contribution is 0.510. The Balaban J connectivity index is 2.22. The van der Waals surface area contributed by atoms with Gasteiger partial charge in [-0.25, -0.2) is 0 Å². The van der Waals surface area contributed by atoms with E-state index in [1.807, 2.05) is 18.5 Å². The van der Waals surface area contributed by atoms with Gasteiger partial charge in [0.05, 0.1) is 0 Å². The van der Waals surface area contributed by atoms with Gasteiger partial charge in [-0.3, -0.25) is 0 Å². The van der Waals surface area contributed by atoms with Crippen molar-refractivity contribution < 1.29 is 0 Å². The van der Waals surface area contributed by atoms with Crippen molar-refractivity contribution in [3.8, 4) is 0 Å². The van der Waals surface area contributed by atoms with Gasteiger partial charge in [0.2, 0.25) is 6.34 Å². The Hall–Kier alpha value is -1.68. The lowest BCUT2D eigenvalue weighted by Crippen LogP contribution is -2.39. The lowest BCUT2D eigenvalue weighted by atomic mass is 10.3. The summed E-state index contributed by atoms with van der Waals surface area (Å²) in [6.45, 7) is 0.763. The van der Waals surface area contributed by atoms with Gasteiger partial charge in [0.1, 0.15) is 5.69 Å². The van der Waals surface area contributed by atoms with Crippen molar-refractivity contribution in [1.82, 2.24) is 4.59 Å². The highest BCUT2D eigenvalue weighted by Gasteiger charge is 2.39. The molecule has 1 N–H and O–H groups in total. The Morgan fingerprint density at radius 3 is 3.08 bits per heavy atom. The Bertz CT molecular complexity index is 396. The fourth-order valence-electron chi connectivity index (χ4n) is 1.75. The first-order valence-corrected chi connectivity index (χ1v) is 4.20. The van der Waals surface area contributed by atoms with E-state index in [1.165, 1.54) is 5.69 Å². The van der Waals surface area contributed by atoms with Gasteiger partial charge in [-0.1, -0.05) is 17.2 Å². The van der Waals surface area contributed by atoms with E-state index in [-0.39, 0.29) is 0 Å². The topological polar surface area (TPSA) is 36.8 Å². The molecule has 0 bridgehead atoms. The molecule has 0 saturated heterocycles. The largest absolute Gasteiger partial charge is 0.331 e. The molecule has 4 nitrogen and oxygen atoms in total. The van der Waals surface area contributed by atoms with Crippen LogP contribution in [0.4, 0.5) is 11.4 Å². The van der Waals surface area contributed by atoms with Crippen LogP contribution in [0.25, 0.3) is 0 Å². The molecule has 1 unspecified atom stereocenters. The minimum absolute atomic E-state index is 0.468. The third-order valence-corrected chi connectivity index (χ3v) is 2.41. The number of benzene rings is 1. The summed E-state index contributed by atoms with van der Waals surface area (Å²) < 4.78 is 0.468. The van der Waals surface area contributed by atoms with Crippen LogP contribution in [0.3, 0.4) is 0 Å². The molecule has 1 aromatic rings. The van der Waals surface area contributed by atoms with Crippen LogP contribution in [0.2, 0.25) is 0 Å². The van der Waals surface area contributed by atoms with Gasteiger partial charge >= 0.3 is 0 Å². The number of hydrogen-bond acceptors (Lipinski definition) is 3. The molecule has 2 aliphatic rings. The van der Waals surface area contributed by atoms with Crippen molar-refractivity contribution in [3.63, 3.8) is 0 Å². The van der Waals surface area contributed by atoms with Crippen molar-refractivity contribution in [3.05, 3.63) is 24.3 Å². The van der Waals surface area contributed by atoms with Gasteiger partial charge < -0.3 is 5.32 Å². The first-order chi connectivity index (χ1) is 6.41. The van der Waals surface area contributed by atoms with E-state index < -0.39 is 0 Å². The molecule has 2 aliphatic heterocycles. The summed E-state index contributed by atoms with van der Waals surface area (Å²) in [5.41, 5.74) is 2.31. The SMILES string of the molecule is C1=NC=N[N+]12CNc1ccccc12. The number of rotatable bonds is 0. The van der Waals surface area contributed by atoms with E-state index in [2.05, 4.69) is 27.5 Å². The Kier molecular flexibility index (Phi) is 1.13. The number of para-hydroxylation sites is 2. The van der Waals surface area contributed by atoms with E-state index >= 15 is 0 Å². The van der Waals surface area contributed by atoms with Gasteiger partial charge in [-0.2, -0.15) is 4.99 Å². The van der Waals surface area contributed by atoms with E-state index in [1.54, 1.807) is 6.34 Å². The zero-order valence-corrected chi connectivity index (χ0v) is 7.01. The van der Waals surface area contributed by atoms with Gasteiger partial charge in [-0.05, 0) is 6.07 Å². The highest BCUT2D eigenvalue weighted by Crippen LogP contribution is 2.36. The third-order valence-electron chi connectivity index (χ3n) is 2.41. The summed E-state index contributed by atoms with van der Waals surface area (Å²) in [5, 5.41) is 7.64. The van der Waals surface area contributed by atoms with Crippen molar-refractivity contribution >= 4 is 24.1 Å². The Morgan fingerprint density at radius 1 is 1.31 bits per heavy atom. The number of nitrogens with zero attached hydrogens (tertiary/aromatic N) is 3. The number of fused-ring (bicyclic) bond motifs is 2. The van der Waals surface area contributed by atoms with Crippen LogP contribution in [0.15, 0.2) is 34.4 Å². The summed E-state index contributed by atoms with van der Waals surface area (Å²) in [7, 11) is 0. The second kappa shape index (κ2) is 2.17. The summed E-state index contributed by atoms with van der Waals surface area (Å²) in [6.07, 6.45) is 3.45. The van der Waals surface area contributed by atoms with Gasteiger partial charge in [0, 0.05) is 6.07 Å². The summed E-state index contributed by atoms with van der Waals surface area (Å²) in [4.78, 5) is 4.03. The average Bonchev–Trinajstić information content (AvgIpc) is 2.78. The van der Waals surface area contributed by atoms with Crippen LogP contribution < -0.4 is 9.91 Å². The molecule has 0 aliphatic carbocycles. The maximum Gasteiger partial charge on any atom is 0.225 e. The van der Waals surface area contributed by atoms with Crippen LogP contribution in [0, 0.1) is 0 Å². The number of anilines is 1. The maximum atomic E-state index is 4.34. The molecule has 3 rings (SSSR count). The smallest absolute Gasteiger partial charge is 0.225 e. The quantitative estimate of drug-likeness (QED) is 0.591. The Labute approximate surface area is 75.8 Å². The van der Waals surface area contributed by atoms with Crippen molar-refractivity contribution in [2.45, 2.75) is 0 Å². The van der Waals surface area contributed by atoms with Gasteiger partial charge in [0.25, 0.3) is 0 Å². The van der Waals surface area contributed by atoms with E-state index in [0.717, 1.165) is 12.4 Å². The predicted molar refractivity (Wildman–Crippen MR) is 53.7 cm³/mol. The van der Waals surface area contributed by atoms with Crippen LogP contribution in [-0.4, -0.2) is 19.3 Å². The molecule has 0 amide bonds. The van der Waals surface area contributed by atoms with E-state index in [0.29, 0.717) is 4.59 Å². The molecule has 0 saturated carbocycles. The molecule has 64 valence electrons. The highest BCUT2D eigenvalue weighted by atomic mass is 15.7. The molecule has 13 heavy (non-hydrogen) atoms. The maximum absolute atomic E-state index is 4.34. The van der Waals surface area contributed by atoms with Crippen LogP contribution in [-0.2, 0) is 0 Å². The summed E-state index contributed by atoms with van der Waals surface area (Å²) >= 11 is 0. The fraction of sp³-hybridized carbons (Fsp3) is 0.111. The van der Waals surface area contributed by atoms with Crippen molar-refractivity contribution in [2.75, 3.05) is 12.0 Å². The zero-order valence-electron chi connectivity index (χ0n) is 7.01. The molecule has 0 radical (unpaired) electrons. The molecule has 1 spiro atoms. The standard InChI is InChI=1S/C9H9N4/c1-2-4-9-8(3-1)11-7-13(9)6-10-5-12-13/h1-6,11H,7H2/q+1. The van der Waals surface area contributed by atoms with Crippen molar-refractivity contribution in [1.29, 1.82) is 0 Å². The number of aliphatic imine (C=N–C) groups is 1. The number of quaternary nitrogens is 1. The summed E-state index contributed by atoms with van der Waals surface area (Å²) in [6, 6.07) is 8.17. The zero-order chi connectivity index (χ0) is 8.73. The van der Waals surface area contributed by atoms with Crippen LogP contribution >= 0.6 is 0 Å². The normalized spacial score (nSPS) is 28.0. The molecule has 1 atom stereocenters.